The van der Waals surface area contributed by atoms with Crippen LogP contribution in [0.3, 0.4) is 0 Å². The zero-order chi connectivity index (χ0) is 20.0. The third-order valence-corrected chi connectivity index (χ3v) is 4.42. The third kappa shape index (κ3) is 3.29. The van der Waals surface area contributed by atoms with Crippen molar-refractivity contribution in [3.63, 3.8) is 0 Å². The molecule has 1 aromatic rings. The van der Waals surface area contributed by atoms with Crippen LogP contribution in [0.1, 0.15) is 27.7 Å². The average Bonchev–Trinajstić information content (AvgIpc) is 3.04. The van der Waals surface area contributed by atoms with Gasteiger partial charge in [0.1, 0.15) is 24.9 Å². The first-order valence-corrected chi connectivity index (χ1v) is 8.53. The Kier molecular flexibility index (Phi) is 4.71. The fourth-order valence-corrected chi connectivity index (χ4v) is 3.20. The summed E-state index contributed by atoms with van der Waals surface area (Å²) >= 11 is 0. The molecule has 2 aliphatic heterocycles. The van der Waals surface area contributed by atoms with Crippen LogP contribution in [0, 0.1) is 17.2 Å². The van der Waals surface area contributed by atoms with E-state index in [1.54, 1.807) is 27.7 Å². The van der Waals surface area contributed by atoms with E-state index < -0.39 is 47.0 Å². The van der Waals surface area contributed by atoms with E-state index in [0.29, 0.717) is 0 Å². The average molecular weight is 379 g/mol. The molecule has 4 atom stereocenters. The number of nitrogens with zero attached hydrogens (tertiary/aromatic N) is 2. The summed E-state index contributed by atoms with van der Waals surface area (Å²) in [4.78, 5) is 37.6. The first-order valence-electron chi connectivity index (χ1n) is 8.53. The Bertz CT molecular complexity index is 897. The van der Waals surface area contributed by atoms with Gasteiger partial charge in [0, 0.05) is 12.3 Å². The van der Waals surface area contributed by atoms with Crippen LogP contribution in [0.5, 0.6) is 0 Å². The second kappa shape index (κ2) is 6.60. The SMILES string of the molecule is CC(C)C(=O)OCC1OC(C#N)(n2ccc(=O)[nH]c2=O)C2OC(C)(C)OC12. The number of aromatic nitrogens is 2. The van der Waals surface area contributed by atoms with Crippen LogP contribution in [-0.4, -0.2) is 46.2 Å². The lowest BCUT2D eigenvalue weighted by molar-refractivity contribution is -0.220. The smallest absolute Gasteiger partial charge is 0.331 e. The van der Waals surface area contributed by atoms with Crippen molar-refractivity contribution in [2.75, 3.05) is 6.61 Å². The molecule has 0 bridgehead atoms. The summed E-state index contributed by atoms with van der Waals surface area (Å²) < 4.78 is 23.7. The minimum Gasteiger partial charge on any atom is -0.463 e. The van der Waals surface area contributed by atoms with Crippen molar-refractivity contribution >= 4 is 5.97 Å². The van der Waals surface area contributed by atoms with Gasteiger partial charge in [-0.15, -0.1) is 0 Å². The van der Waals surface area contributed by atoms with E-state index in [0.717, 1.165) is 10.6 Å². The number of fused-ring (bicyclic) bond motifs is 1. The number of rotatable bonds is 4. The fourth-order valence-electron chi connectivity index (χ4n) is 3.20. The quantitative estimate of drug-likeness (QED) is 0.713. The minimum atomic E-state index is -1.88. The van der Waals surface area contributed by atoms with Gasteiger partial charge in [0.25, 0.3) is 11.3 Å². The zero-order valence-electron chi connectivity index (χ0n) is 15.4. The van der Waals surface area contributed by atoms with Gasteiger partial charge in [-0.3, -0.25) is 19.1 Å². The Balaban J connectivity index is 1.99. The summed E-state index contributed by atoms with van der Waals surface area (Å²) in [6, 6.07) is 3.08. The molecule has 27 heavy (non-hydrogen) atoms. The minimum absolute atomic E-state index is 0.168. The molecule has 146 valence electrons. The van der Waals surface area contributed by atoms with Crippen LogP contribution in [0.2, 0.25) is 0 Å². The van der Waals surface area contributed by atoms with E-state index in [1.807, 2.05) is 6.07 Å². The number of ether oxygens (including phenoxy) is 4. The highest BCUT2D eigenvalue weighted by molar-refractivity contribution is 5.71. The molecule has 2 fully saturated rings. The molecule has 2 aliphatic rings. The molecule has 0 saturated carbocycles. The zero-order valence-corrected chi connectivity index (χ0v) is 15.4. The summed E-state index contributed by atoms with van der Waals surface area (Å²) in [5.74, 6) is -1.79. The molecule has 4 unspecified atom stereocenters. The van der Waals surface area contributed by atoms with Crippen LogP contribution >= 0.6 is 0 Å². The number of esters is 1. The van der Waals surface area contributed by atoms with E-state index in [9.17, 15) is 19.6 Å². The van der Waals surface area contributed by atoms with Gasteiger partial charge in [0.05, 0.1) is 5.92 Å². The maximum atomic E-state index is 12.3. The highest BCUT2D eigenvalue weighted by Gasteiger charge is 2.65. The molecule has 10 nitrogen and oxygen atoms in total. The highest BCUT2D eigenvalue weighted by atomic mass is 16.8. The summed E-state index contributed by atoms with van der Waals surface area (Å²) in [6.07, 6.45) is -1.39. The molecule has 3 heterocycles. The Labute approximate surface area is 154 Å². The van der Waals surface area contributed by atoms with Crippen LogP contribution in [0.4, 0.5) is 0 Å². The Morgan fingerprint density at radius 1 is 1.37 bits per heavy atom. The van der Waals surface area contributed by atoms with Crippen molar-refractivity contribution in [2.45, 2.75) is 57.5 Å². The Morgan fingerprint density at radius 3 is 2.67 bits per heavy atom. The largest absolute Gasteiger partial charge is 0.463 e. The molecule has 0 amide bonds. The van der Waals surface area contributed by atoms with Crippen molar-refractivity contribution in [3.8, 4) is 6.07 Å². The summed E-state index contributed by atoms with van der Waals surface area (Å²) in [5.41, 5.74) is -3.31. The van der Waals surface area contributed by atoms with Crippen molar-refractivity contribution in [1.82, 2.24) is 9.55 Å². The lowest BCUT2D eigenvalue weighted by Crippen LogP contribution is -2.50. The van der Waals surface area contributed by atoms with Gasteiger partial charge in [0.2, 0.25) is 0 Å². The second-order valence-corrected chi connectivity index (χ2v) is 7.25. The van der Waals surface area contributed by atoms with Gasteiger partial charge in [-0.25, -0.2) is 4.79 Å². The molecule has 1 N–H and O–H groups in total. The molecule has 3 rings (SSSR count). The van der Waals surface area contributed by atoms with Crippen molar-refractivity contribution < 1.29 is 23.7 Å². The van der Waals surface area contributed by atoms with E-state index >= 15 is 0 Å². The van der Waals surface area contributed by atoms with Crippen molar-refractivity contribution in [3.05, 3.63) is 33.1 Å². The number of hydrogen-bond acceptors (Lipinski definition) is 8. The number of nitriles is 1. The van der Waals surface area contributed by atoms with Crippen molar-refractivity contribution in [1.29, 1.82) is 5.26 Å². The molecule has 2 saturated heterocycles. The Morgan fingerprint density at radius 2 is 2.07 bits per heavy atom. The molecule has 0 aromatic carbocycles. The van der Waals surface area contributed by atoms with Crippen LogP contribution in [0.15, 0.2) is 21.9 Å². The van der Waals surface area contributed by atoms with Gasteiger partial charge in [-0.05, 0) is 13.8 Å². The van der Waals surface area contributed by atoms with Crippen LogP contribution in [-0.2, 0) is 29.5 Å². The van der Waals surface area contributed by atoms with Crippen LogP contribution in [0.25, 0.3) is 0 Å². The normalized spacial score (nSPS) is 31.5. The molecule has 10 heteroatoms. The molecule has 0 radical (unpaired) electrons. The van der Waals surface area contributed by atoms with Gasteiger partial charge >= 0.3 is 11.7 Å². The maximum absolute atomic E-state index is 12.3. The number of carbonyl (C=O) groups is 1. The topological polar surface area (TPSA) is 133 Å². The predicted molar refractivity (Wildman–Crippen MR) is 89.4 cm³/mol. The molecular weight excluding hydrogens is 358 g/mol. The van der Waals surface area contributed by atoms with Gasteiger partial charge in [0.15, 0.2) is 11.9 Å². The summed E-state index contributed by atoms with van der Waals surface area (Å²) in [7, 11) is 0. The number of nitrogens with one attached hydrogen (secondary N) is 1. The van der Waals surface area contributed by atoms with E-state index in [1.165, 1.54) is 6.20 Å². The monoisotopic (exact) mass is 379 g/mol. The van der Waals surface area contributed by atoms with E-state index in [2.05, 4.69) is 4.98 Å². The summed E-state index contributed by atoms with van der Waals surface area (Å²) in [6.45, 7) is 6.55. The number of carbonyl (C=O) groups excluding carboxylic acids is 1. The van der Waals surface area contributed by atoms with Crippen molar-refractivity contribution in [2.24, 2.45) is 5.92 Å². The third-order valence-electron chi connectivity index (χ3n) is 4.42. The predicted octanol–water partition coefficient (Wildman–Crippen LogP) is -0.169. The fraction of sp³-hybridized carbons (Fsp3) is 0.647. The van der Waals surface area contributed by atoms with Gasteiger partial charge in [-0.2, -0.15) is 5.26 Å². The first-order chi connectivity index (χ1) is 12.6. The number of H-pyrrole nitrogens is 1. The molecule has 0 spiro atoms. The summed E-state index contributed by atoms with van der Waals surface area (Å²) in [5, 5.41) is 9.89. The number of aromatic amines is 1. The lowest BCUT2D eigenvalue weighted by Gasteiger charge is -2.30. The first kappa shape index (κ1) is 19.3. The maximum Gasteiger partial charge on any atom is 0.331 e. The molecule has 1 aromatic heterocycles. The van der Waals surface area contributed by atoms with Crippen LogP contribution < -0.4 is 11.2 Å². The second-order valence-electron chi connectivity index (χ2n) is 7.25. The number of hydrogen-bond donors (Lipinski definition) is 1. The van der Waals surface area contributed by atoms with Gasteiger partial charge in [-0.1, -0.05) is 13.8 Å². The standard InChI is InChI=1S/C17H21N3O7/c1-9(2)14(22)24-7-10-12-13(27-16(3,4)26-12)17(8-18,25-10)20-6-5-11(21)19-15(20)23/h5-6,9-10,12-13H,7H2,1-4H3,(H,19,21,23). The van der Waals surface area contributed by atoms with Gasteiger partial charge < -0.3 is 18.9 Å². The molecule has 0 aliphatic carbocycles. The highest BCUT2D eigenvalue weighted by Crippen LogP contribution is 2.46. The molecular formula is C17H21N3O7. The Hall–Kier alpha value is -2.48. The van der Waals surface area contributed by atoms with E-state index in [4.69, 9.17) is 18.9 Å². The van der Waals surface area contributed by atoms with E-state index in [-0.39, 0.29) is 12.5 Å². The lowest BCUT2D eigenvalue weighted by atomic mass is 10.0.